The third kappa shape index (κ3) is 4.49. The van der Waals surface area contributed by atoms with Crippen LogP contribution < -0.4 is 4.72 Å². The van der Waals surface area contributed by atoms with Crippen molar-refractivity contribution in [3.63, 3.8) is 0 Å². The van der Waals surface area contributed by atoms with Gasteiger partial charge in [0, 0.05) is 14.9 Å². The molecule has 1 aromatic rings. The van der Waals surface area contributed by atoms with Gasteiger partial charge in [0.25, 0.3) is 0 Å². The number of benzene rings is 1. The monoisotopic (exact) mass is 273 g/mol. The molecule has 0 aromatic heterocycles. The van der Waals surface area contributed by atoms with Gasteiger partial charge in [-0.25, -0.2) is 0 Å². The first-order chi connectivity index (χ1) is 6.37. The molecule has 3 heteroatoms. The van der Waals surface area contributed by atoms with Gasteiger partial charge in [-0.2, -0.15) is 0 Å². The Morgan fingerprint density at radius 3 is 2.36 bits per heavy atom. The van der Waals surface area contributed by atoms with Crippen LogP contribution in [0.3, 0.4) is 0 Å². The molecule has 0 heterocycles. The molecule has 0 atom stereocenters. The van der Waals surface area contributed by atoms with Crippen LogP contribution >= 0.6 is 27.9 Å². The summed E-state index contributed by atoms with van der Waals surface area (Å²) in [4.78, 5) is 1.24. The standard InChI is InChI=1S/C11H16BrNS/c1-8-5-9(12)7-10(6-8)14-13-11(2,3)4/h5-7,13H,1-4H3. The zero-order valence-electron chi connectivity index (χ0n) is 9.02. The van der Waals surface area contributed by atoms with Crippen molar-refractivity contribution in [2.75, 3.05) is 0 Å². The van der Waals surface area contributed by atoms with Gasteiger partial charge in [0.1, 0.15) is 0 Å². The minimum Gasteiger partial charge on any atom is -0.255 e. The van der Waals surface area contributed by atoms with Gasteiger partial charge in [-0.1, -0.05) is 15.9 Å². The molecule has 0 aliphatic carbocycles. The molecular weight excluding hydrogens is 258 g/mol. The van der Waals surface area contributed by atoms with Crippen molar-refractivity contribution >= 4 is 27.9 Å². The second-order valence-electron chi connectivity index (χ2n) is 4.42. The molecule has 1 aromatic carbocycles. The lowest BCUT2D eigenvalue weighted by atomic mass is 10.1. The highest BCUT2D eigenvalue weighted by Crippen LogP contribution is 2.23. The van der Waals surface area contributed by atoms with Crippen molar-refractivity contribution in [3.05, 3.63) is 28.2 Å². The van der Waals surface area contributed by atoms with Gasteiger partial charge >= 0.3 is 0 Å². The summed E-state index contributed by atoms with van der Waals surface area (Å²) in [5.74, 6) is 0. The predicted molar refractivity (Wildman–Crippen MR) is 67.6 cm³/mol. The molecule has 0 fully saturated rings. The Balaban J connectivity index is 2.68. The molecule has 0 aliphatic rings. The lowest BCUT2D eigenvalue weighted by Crippen LogP contribution is -2.29. The number of rotatable bonds is 2. The van der Waals surface area contributed by atoms with E-state index < -0.39 is 0 Å². The minimum atomic E-state index is 0.140. The van der Waals surface area contributed by atoms with Crippen LogP contribution in [-0.4, -0.2) is 5.54 Å². The predicted octanol–water partition coefficient (Wildman–Crippen LogP) is 4.15. The number of hydrogen-bond donors (Lipinski definition) is 1. The molecule has 0 unspecified atom stereocenters. The average molecular weight is 274 g/mol. The van der Waals surface area contributed by atoms with Gasteiger partial charge < -0.3 is 0 Å². The second-order valence-corrected chi connectivity index (χ2v) is 6.21. The van der Waals surface area contributed by atoms with E-state index in [1.165, 1.54) is 10.5 Å². The summed E-state index contributed by atoms with van der Waals surface area (Å²) in [6.07, 6.45) is 0. The maximum absolute atomic E-state index is 3.49. The van der Waals surface area contributed by atoms with E-state index in [1.54, 1.807) is 11.9 Å². The summed E-state index contributed by atoms with van der Waals surface area (Å²) in [5, 5.41) is 0. The first-order valence-electron chi connectivity index (χ1n) is 4.58. The molecule has 1 rings (SSSR count). The van der Waals surface area contributed by atoms with E-state index in [-0.39, 0.29) is 5.54 Å². The number of aryl methyl sites for hydroxylation is 1. The van der Waals surface area contributed by atoms with E-state index in [0.29, 0.717) is 0 Å². The van der Waals surface area contributed by atoms with Gasteiger partial charge in [-0.15, -0.1) is 0 Å². The van der Waals surface area contributed by atoms with Crippen LogP contribution in [0.25, 0.3) is 0 Å². The van der Waals surface area contributed by atoms with Crippen LogP contribution in [0.4, 0.5) is 0 Å². The lowest BCUT2D eigenvalue weighted by Gasteiger charge is -2.19. The molecular formula is C11H16BrNS. The van der Waals surface area contributed by atoms with Gasteiger partial charge in [-0.3, -0.25) is 4.72 Å². The fourth-order valence-electron chi connectivity index (χ4n) is 0.974. The molecule has 0 saturated heterocycles. The normalized spacial score (nSPS) is 11.8. The van der Waals surface area contributed by atoms with Gasteiger partial charge in [0.05, 0.1) is 0 Å². The summed E-state index contributed by atoms with van der Waals surface area (Å²) in [6.45, 7) is 8.58. The van der Waals surface area contributed by atoms with Crippen molar-refractivity contribution in [2.45, 2.75) is 38.1 Å². The molecule has 1 nitrogen and oxygen atoms in total. The summed E-state index contributed by atoms with van der Waals surface area (Å²) < 4.78 is 4.52. The zero-order chi connectivity index (χ0) is 10.8. The maximum Gasteiger partial charge on any atom is 0.0242 e. The summed E-state index contributed by atoms with van der Waals surface area (Å²) in [5.41, 5.74) is 1.42. The van der Waals surface area contributed by atoms with Crippen molar-refractivity contribution in [2.24, 2.45) is 0 Å². The zero-order valence-corrected chi connectivity index (χ0v) is 11.4. The third-order valence-corrected chi connectivity index (χ3v) is 3.13. The third-order valence-electron chi connectivity index (χ3n) is 1.49. The largest absolute Gasteiger partial charge is 0.255 e. The highest BCUT2D eigenvalue weighted by atomic mass is 79.9. The SMILES string of the molecule is Cc1cc(Br)cc(SNC(C)(C)C)c1. The van der Waals surface area contributed by atoms with Crippen molar-refractivity contribution < 1.29 is 0 Å². The van der Waals surface area contributed by atoms with Crippen LogP contribution in [0.5, 0.6) is 0 Å². The molecule has 0 saturated carbocycles. The van der Waals surface area contributed by atoms with Gasteiger partial charge in [0.2, 0.25) is 0 Å². The molecule has 78 valence electrons. The first kappa shape index (κ1) is 12.1. The van der Waals surface area contributed by atoms with E-state index in [4.69, 9.17) is 0 Å². The van der Waals surface area contributed by atoms with Crippen molar-refractivity contribution in [3.8, 4) is 0 Å². The highest BCUT2D eigenvalue weighted by molar-refractivity contribution is 9.10. The van der Waals surface area contributed by atoms with E-state index in [0.717, 1.165) is 4.47 Å². The number of hydrogen-bond acceptors (Lipinski definition) is 2. The molecule has 0 spiro atoms. The fourth-order valence-corrected chi connectivity index (χ4v) is 2.59. The summed E-state index contributed by atoms with van der Waals surface area (Å²) in [7, 11) is 0. The maximum atomic E-state index is 3.49. The van der Waals surface area contributed by atoms with Crippen LogP contribution in [0.2, 0.25) is 0 Å². The molecule has 0 amide bonds. The number of nitrogens with one attached hydrogen (secondary N) is 1. The summed E-state index contributed by atoms with van der Waals surface area (Å²) >= 11 is 5.17. The van der Waals surface area contributed by atoms with Gasteiger partial charge in [0.15, 0.2) is 0 Å². The summed E-state index contributed by atoms with van der Waals surface area (Å²) in [6, 6.07) is 6.41. The molecule has 0 radical (unpaired) electrons. The Kier molecular flexibility index (Phi) is 4.04. The Bertz CT molecular complexity index is 297. The van der Waals surface area contributed by atoms with Crippen molar-refractivity contribution in [1.29, 1.82) is 0 Å². The molecule has 1 N–H and O–H groups in total. The molecule has 0 bridgehead atoms. The van der Waals surface area contributed by atoms with Crippen LogP contribution in [0.15, 0.2) is 27.6 Å². The van der Waals surface area contributed by atoms with Crippen molar-refractivity contribution in [1.82, 2.24) is 4.72 Å². The molecule has 14 heavy (non-hydrogen) atoms. The Labute approximate surface area is 98.9 Å². The van der Waals surface area contributed by atoms with Gasteiger partial charge in [-0.05, 0) is 63.4 Å². The van der Waals surface area contributed by atoms with Crippen LogP contribution in [-0.2, 0) is 0 Å². The van der Waals surface area contributed by atoms with E-state index in [2.05, 4.69) is 66.5 Å². The molecule has 0 aliphatic heterocycles. The van der Waals surface area contributed by atoms with Crippen LogP contribution in [0.1, 0.15) is 26.3 Å². The van der Waals surface area contributed by atoms with E-state index in [9.17, 15) is 0 Å². The van der Waals surface area contributed by atoms with E-state index >= 15 is 0 Å². The Hall–Kier alpha value is 0.01000. The smallest absolute Gasteiger partial charge is 0.0242 e. The second kappa shape index (κ2) is 4.69. The van der Waals surface area contributed by atoms with E-state index in [1.807, 2.05) is 0 Å². The fraction of sp³-hybridized carbons (Fsp3) is 0.455. The highest BCUT2D eigenvalue weighted by Gasteiger charge is 2.09. The first-order valence-corrected chi connectivity index (χ1v) is 6.19. The topological polar surface area (TPSA) is 12.0 Å². The average Bonchev–Trinajstić information content (AvgIpc) is 1.97. The number of halogens is 1. The lowest BCUT2D eigenvalue weighted by molar-refractivity contribution is 0.535. The minimum absolute atomic E-state index is 0.140. The quantitative estimate of drug-likeness (QED) is 0.813. The Morgan fingerprint density at radius 1 is 1.21 bits per heavy atom. The Morgan fingerprint density at radius 2 is 1.86 bits per heavy atom. The van der Waals surface area contributed by atoms with Crippen LogP contribution in [0, 0.1) is 6.92 Å².